The minimum atomic E-state index is -2.06. The molecule has 0 aliphatic carbocycles. The van der Waals surface area contributed by atoms with Crippen molar-refractivity contribution >= 4 is 17.6 Å². The summed E-state index contributed by atoms with van der Waals surface area (Å²) in [6.45, 7) is 4.72. The molecule has 0 saturated carbocycles. The van der Waals surface area contributed by atoms with Crippen LogP contribution in [0, 0.1) is 5.82 Å². The van der Waals surface area contributed by atoms with Gasteiger partial charge in [-0.15, -0.1) is 0 Å². The van der Waals surface area contributed by atoms with Crippen LogP contribution in [0.1, 0.15) is 29.8 Å². The van der Waals surface area contributed by atoms with Crippen molar-refractivity contribution in [1.29, 1.82) is 0 Å². The Morgan fingerprint density at radius 2 is 1.54 bits per heavy atom. The number of halogens is 2. The molecule has 1 fully saturated rings. The minimum Gasteiger partial charge on any atom is -0.493 e. The molecule has 1 amide bonds. The zero-order chi connectivity index (χ0) is 26.6. The summed E-state index contributed by atoms with van der Waals surface area (Å²) in [6.07, 6.45) is 0. The fourth-order valence-electron chi connectivity index (χ4n) is 4.29. The zero-order valence-electron chi connectivity index (χ0n) is 20.6. The molecule has 7 nitrogen and oxygen atoms in total. The van der Waals surface area contributed by atoms with Crippen molar-refractivity contribution in [3.8, 4) is 22.6 Å². The number of nitrogens with zero attached hydrogens (tertiary/aromatic N) is 1. The number of anilines is 1. The summed E-state index contributed by atoms with van der Waals surface area (Å²) in [7, 11) is 0. The quantitative estimate of drug-likeness (QED) is 0.392. The van der Waals surface area contributed by atoms with Crippen molar-refractivity contribution in [3.05, 3.63) is 77.6 Å². The van der Waals surface area contributed by atoms with Gasteiger partial charge in [0.25, 0.3) is 5.91 Å². The number of alkyl halides is 1. The van der Waals surface area contributed by atoms with Gasteiger partial charge in [0.15, 0.2) is 0 Å². The Balaban J connectivity index is 1.47. The van der Waals surface area contributed by atoms with E-state index in [-0.39, 0.29) is 24.5 Å². The van der Waals surface area contributed by atoms with Crippen LogP contribution in [0.5, 0.6) is 11.5 Å². The third-order valence-electron chi connectivity index (χ3n) is 6.01. The first kappa shape index (κ1) is 26.1. The van der Waals surface area contributed by atoms with Gasteiger partial charge in [0, 0.05) is 25.3 Å². The monoisotopic (exact) mass is 510 g/mol. The second-order valence-corrected chi connectivity index (χ2v) is 8.79. The van der Waals surface area contributed by atoms with Gasteiger partial charge < -0.3 is 19.9 Å². The van der Waals surface area contributed by atoms with Crippen LogP contribution in [0.25, 0.3) is 11.1 Å². The van der Waals surface area contributed by atoms with E-state index in [1.165, 1.54) is 36.4 Å². The molecule has 1 aliphatic rings. The van der Waals surface area contributed by atoms with Gasteiger partial charge >= 0.3 is 5.97 Å². The molecule has 0 bridgehead atoms. The summed E-state index contributed by atoms with van der Waals surface area (Å²) in [6, 6.07) is 15.3. The predicted octanol–water partition coefficient (Wildman–Crippen LogP) is 5.15. The molecule has 0 radical (unpaired) electrons. The Kier molecular flexibility index (Phi) is 7.73. The summed E-state index contributed by atoms with van der Waals surface area (Å²) in [4.78, 5) is 25.3. The van der Waals surface area contributed by atoms with Gasteiger partial charge in [0.1, 0.15) is 17.3 Å². The number of carbonyl (C=O) groups excluding carboxylic acids is 1. The van der Waals surface area contributed by atoms with Gasteiger partial charge in [0.05, 0.1) is 24.3 Å². The molecule has 0 spiro atoms. The first-order chi connectivity index (χ1) is 17.7. The maximum absolute atomic E-state index is 15.2. The molecule has 1 aliphatic heterocycles. The highest BCUT2D eigenvalue weighted by Crippen LogP contribution is 2.41. The number of carboxylic acids is 1. The van der Waals surface area contributed by atoms with Crippen LogP contribution in [0.3, 0.4) is 0 Å². The van der Waals surface area contributed by atoms with E-state index in [0.717, 1.165) is 11.1 Å². The maximum Gasteiger partial charge on any atom is 0.335 e. The number of hydrogen-bond donors (Lipinski definition) is 2. The molecule has 194 valence electrons. The van der Waals surface area contributed by atoms with Gasteiger partial charge in [-0.3, -0.25) is 9.69 Å². The summed E-state index contributed by atoms with van der Waals surface area (Å²) in [5.41, 5.74) is 0.620. The van der Waals surface area contributed by atoms with Crippen molar-refractivity contribution in [3.63, 3.8) is 0 Å². The van der Waals surface area contributed by atoms with E-state index in [1.807, 2.05) is 26.0 Å². The molecule has 3 aromatic carbocycles. The van der Waals surface area contributed by atoms with Crippen LogP contribution < -0.4 is 14.8 Å². The van der Waals surface area contributed by atoms with Crippen LogP contribution in [-0.4, -0.2) is 53.9 Å². The molecular formula is C28H28F2N2O5. The fraction of sp³-hybridized carbons (Fsp3) is 0.286. The van der Waals surface area contributed by atoms with Gasteiger partial charge in [-0.25, -0.2) is 13.6 Å². The van der Waals surface area contributed by atoms with Crippen LogP contribution in [0.15, 0.2) is 60.7 Å². The molecule has 3 aromatic rings. The fourth-order valence-corrected chi connectivity index (χ4v) is 4.29. The lowest BCUT2D eigenvalue weighted by Gasteiger charge is -2.43. The van der Waals surface area contributed by atoms with E-state index in [9.17, 15) is 14.0 Å². The van der Waals surface area contributed by atoms with Crippen LogP contribution in [-0.2, 0) is 11.3 Å². The summed E-state index contributed by atoms with van der Waals surface area (Å²) in [5, 5.41) is 11.5. The third kappa shape index (κ3) is 5.89. The summed E-state index contributed by atoms with van der Waals surface area (Å²) in [5.74, 6) is -1.05. The largest absolute Gasteiger partial charge is 0.493 e. The van der Waals surface area contributed by atoms with Gasteiger partial charge in [-0.1, -0.05) is 12.1 Å². The Labute approximate surface area is 213 Å². The number of hydrogen-bond acceptors (Lipinski definition) is 5. The van der Waals surface area contributed by atoms with E-state index >= 15 is 4.39 Å². The summed E-state index contributed by atoms with van der Waals surface area (Å²) >= 11 is 0. The average molecular weight is 511 g/mol. The van der Waals surface area contributed by atoms with Crippen LogP contribution >= 0.6 is 0 Å². The topological polar surface area (TPSA) is 88.1 Å². The predicted molar refractivity (Wildman–Crippen MR) is 135 cm³/mol. The lowest BCUT2D eigenvalue weighted by Crippen LogP contribution is -2.64. The normalized spacial score (nSPS) is 14.5. The first-order valence-electron chi connectivity index (χ1n) is 12.0. The second-order valence-electron chi connectivity index (χ2n) is 8.79. The second kappa shape index (κ2) is 11.0. The number of carboxylic acid groups (broad SMARTS) is 1. The SMILES string of the molecule is CCOc1cc(CN2CC(F)(C(=O)Nc3ccc(C(=O)O)cc3)C2)cc(OCC)c1-c1ccc(F)cc1. The lowest BCUT2D eigenvalue weighted by molar-refractivity contribution is -0.140. The van der Waals surface area contributed by atoms with Crippen molar-refractivity contribution in [2.24, 2.45) is 0 Å². The van der Waals surface area contributed by atoms with Crippen molar-refractivity contribution in [1.82, 2.24) is 4.90 Å². The molecular weight excluding hydrogens is 482 g/mol. The van der Waals surface area contributed by atoms with E-state index in [2.05, 4.69) is 5.32 Å². The van der Waals surface area contributed by atoms with E-state index in [0.29, 0.717) is 42.5 Å². The Morgan fingerprint density at radius 1 is 0.973 bits per heavy atom. The number of amides is 1. The molecule has 1 saturated heterocycles. The van der Waals surface area contributed by atoms with Crippen LogP contribution in [0.4, 0.5) is 14.5 Å². The highest BCUT2D eigenvalue weighted by atomic mass is 19.1. The van der Waals surface area contributed by atoms with Gasteiger partial charge in [-0.2, -0.15) is 0 Å². The average Bonchev–Trinajstić information content (AvgIpc) is 2.84. The number of aromatic carboxylic acids is 1. The van der Waals surface area contributed by atoms with E-state index < -0.39 is 17.5 Å². The number of likely N-dealkylation sites (tertiary alicyclic amines) is 1. The molecule has 2 N–H and O–H groups in total. The first-order valence-corrected chi connectivity index (χ1v) is 12.0. The minimum absolute atomic E-state index is 0.0751. The number of carbonyl (C=O) groups is 2. The van der Waals surface area contributed by atoms with Gasteiger partial charge in [0.2, 0.25) is 5.67 Å². The molecule has 4 rings (SSSR count). The lowest BCUT2D eigenvalue weighted by atomic mass is 9.93. The van der Waals surface area contributed by atoms with Crippen LogP contribution in [0.2, 0.25) is 0 Å². The standard InChI is InChI=1S/C28H28F2N2O5/c1-3-36-23-13-18(14-24(37-4-2)25(23)19-5-9-21(29)10-6-19)15-32-16-28(30,17-32)27(35)31-22-11-7-20(8-12-22)26(33)34/h5-14H,3-4,15-17H2,1-2H3,(H,31,35)(H,33,34). The van der Waals surface area contributed by atoms with E-state index in [4.69, 9.17) is 14.6 Å². The highest BCUT2D eigenvalue weighted by molar-refractivity contribution is 5.99. The highest BCUT2D eigenvalue weighted by Gasteiger charge is 2.50. The van der Waals surface area contributed by atoms with Crippen molar-refractivity contribution in [2.45, 2.75) is 26.1 Å². The third-order valence-corrected chi connectivity index (χ3v) is 6.01. The van der Waals surface area contributed by atoms with Gasteiger partial charge in [-0.05, 0) is 73.5 Å². The molecule has 0 atom stereocenters. The number of rotatable bonds is 10. The molecule has 37 heavy (non-hydrogen) atoms. The molecule has 1 heterocycles. The smallest absolute Gasteiger partial charge is 0.335 e. The number of ether oxygens (including phenoxy) is 2. The summed E-state index contributed by atoms with van der Waals surface area (Å²) < 4.78 is 40.5. The Bertz CT molecular complexity index is 1250. The zero-order valence-corrected chi connectivity index (χ0v) is 20.6. The van der Waals surface area contributed by atoms with Crippen molar-refractivity contribution < 1.29 is 33.0 Å². The molecule has 9 heteroatoms. The number of benzene rings is 3. The Hall–Kier alpha value is -3.98. The maximum atomic E-state index is 15.2. The molecule has 0 aromatic heterocycles. The van der Waals surface area contributed by atoms with Crippen molar-refractivity contribution in [2.75, 3.05) is 31.6 Å². The number of nitrogens with one attached hydrogen (secondary N) is 1. The molecule has 0 unspecified atom stereocenters. The van der Waals surface area contributed by atoms with E-state index in [1.54, 1.807) is 17.0 Å². The Morgan fingerprint density at radius 3 is 2.05 bits per heavy atom.